The molecule has 1 aromatic carbocycles. The molecule has 5 nitrogen and oxygen atoms in total. The maximum absolute atomic E-state index is 12.4. The molecule has 1 aliphatic rings. The highest BCUT2D eigenvalue weighted by Gasteiger charge is 2.31. The molecule has 0 radical (unpaired) electrons. The summed E-state index contributed by atoms with van der Waals surface area (Å²) >= 11 is 5.10. The van der Waals surface area contributed by atoms with Crippen molar-refractivity contribution in [2.24, 2.45) is 7.05 Å². The van der Waals surface area contributed by atoms with E-state index in [-0.39, 0.29) is 23.8 Å². The van der Waals surface area contributed by atoms with Gasteiger partial charge >= 0.3 is 0 Å². The Hall–Kier alpha value is -2.21. The van der Waals surface area contributed by atoms with Crippen LogP contribution in [0.3, 0.4) is 0 Å². The Kier molecular flexibility index (Phi) is 3.25. The van der Waals surface area contributed by atoms with E-state index in [9.17, 15) is 9.59 Å². The van der Waals surface area contributed by atoms with E-state index in [1.165, 1.54) is 0 Å². The van der Waals surface area contributed by atoms with Crippen LogP contribution in [0.5, 0.6) is 0 Å². The lowest BCUT2D eigenvalue weighted by Crippen LogP contribution is -2.33. The molecule has 108 valence electrons. The summed E-state index contributed by atoms with van der Waals surface area (Å²) in [4.78, 5) is 27.0. The Morgan fingerprint density at radius 3 is 2.71 bits per heavy atom. The topological polar surface area (TPSA) is 66.9 Å². The second-order valence-electron chi connectivity index (χ2n) is 5.24. The molecule has 1 aliphatic heterocycles. The first-order valence-corrected chi connectivity index (χ1v) is 7.08. The van der Waals surface area contributed by atoms with Crippen LogP contribution in [0.25, 0.3) is 0 Å². The van der Waals surface area contributed by atoms with Crippen molar-refractivity contribution in [3.8, 4) is 0 Å². The van der Waals surface area contributed by atoms with Crippen LogP contribution in [-0.2, 0) is 11.8 Å². The average molecular weight is 301 g/mol. The lowest BCUT2D eigenvalue weighted by Gasteiger charge is -2.27. The van der Waals surface area contributed by atoms with Gasteiger partial charge < -0.3 is 9.88 Å². The fourth-order valence-corrected chi connectivity index (χ4v) is 3.01. The number of anilines is 1. The molecule has 0 fully saturated rings. The Bertz CT molecular complexity index is 851. The number of amides is 1. The number of hydrogen-bond acceptors (Lipinski definition) is 3. The van der Waals surface area contributed by atoms with E-state index in [2.05, 4.69) is 10.3 Å². The van der Waals surface area contributed by atoms with Gasteiger partial charge in [-0.15, -0.1) is 0 Å². The van der Waals surface area contributed by atoms with Crippen LogP contribution in [0, 0.1) is 11.7 Å². The first kappa shape index (κ1) is 13.8. The largest absolute Gasteiger partial charge is 0.312 e. The highest BCUT2D eigenvalue weighted by molar-refractivity contribution is 7.71. The van der Waals surface area contributed by atoms with Crippen LogP contribution < -0.4 is 10.9 Å². The summed E-state index contributed by atoms with van der Waals surface area (Å²) in [6, 6.07) is 7.81. The van der Waals surface area contributed by atoms with Gasteiger partial charge in [0, 0.05) is 19.4 Å². The monoisotopic (exact) mass is 301 g/mol. The Morgan fingerprint density at radius 1 is 1.29 bits per heavy atom. The number of aryl methyl sites for hydroxylation is 1. The summed E-state index contributed by atoms with van der Waals surface area (Å²) in [6.45, 7) is 1.98. The molecule has 1 unspecified atom stereocenters. The van der Waals surface area contributed by atoms with E-state index in [0.717, 1.165) is 11.1 Å². The minimum absolute atomic E-state index is 0.105. The smallest absolute Gasteiger partial charge is 0.257 e. The van der Waals surface area contributed by atoms with Crippen molar-refractivity contribution in [3.63, 3.8) is 0 Å². The molecule has 0 bridgehead atoms. The van der Waals surface area contributed by atoms with Crippen LogP contribution in [0.2, 0.25) is 0 Å². The second-order valence-corrected chi connectivity index (χ2v) is 5.63. The number of benzene rings is 1. The molecule has 21 heavy (non-hydrogen) atoms. The second kappa shape index (κ2) is 4.96. The molecule has 0 saturated carbocycles. The fraction of sp³-hybridized carbons (Fsp3) is 0.267. The Balaban J connectivity index is 2.31. The highest BCUT2D eigenvalue weighted by atomic mass is 32.1. The summed E-state index contributed by atoms with van der Waals surface area (Å²) < 4.78 is 1.93. The van der Waals surface area contributed by atoms with Gasteiger partial charge in [0.05, 0.1) is 5.56 Å². The van der Waals surface area contributed by atoms with Crippen LogP contribution in [-0.4, -0.2) is 15.5 Å². The molecule has 1 amide bonds. The summed E-state index contributed by atoms with van der Waals surface area (Å²) in [5.41, 5.74) is 2.39. The molecule has 1 atom stereocenters. The van der Waals surface area contributed by atoms with Crippen LogP contribution in [0.4, 0.5) is 5.82 Å². The standard InChI is InChI=1S/C15H15N3O2S/c1-8-5-3-4-6-9(8)10-7-11(19)16-13-12(10)14(20)17-15(21)18(13)2/h3-6,10H,7H2,1-2H3,(H,16,19)(H,17,20,21). The van der Waals surface area contributed by atoms with E-state index in [1.807, 2.05) is 31.2 Å². The molecule has 2 N–H and O–H groups in total. The molecular formula is C15H15N3O2S. The average Bonchev–Trinajstić information content (AvgIpc) is 2.44. The van der Waals surface area contributed by atoms with Gasteiger partial charge in [0.25, 0.3) is 5.56 Å². The van der Waals surface area contributed by atoms with Gasteiger partial charge in [-0.1, -0.05) is 24.3 Å². The summed E-state index contributed by atoms with van der Waals surface area (Å²) in [7, 11) is 1.73. The number of hydrogen-bond donors (Lipinski definition) is 2. The van der Waals surface area contributed by atoms with Gasteiger partial charge in [0.15, 0.2) is 4.77 Å². The maximum Gasteiger partial charge on any atom is 0.257 e. The normalized spacial score (nSPS) is 17.2. The molecule has 2 heterocycles. The number of rotatable bonds is 1. The van der Waals surface area contributed by atoms with E-state index >= 15 is 0 Å². The lowest BCUT2D eigenvalue weighted by atomic mass is 9.84. The van der Waals surface area contributed by atoms with Gasteiger partial charge in [0.1, 0.15) is 5.82 Å². The Labute approximate surface area is 126 Å². The number of H-pyrrole nitrogens is 1. The predicted molar refractivity (Wildman–Crippen MR) is 83.1 cm³/mol. The van der Waals surface area contributed by atoms with Crippen LogP contribution in [0.15, 0.2) is 29.1 Å². The molecule has 3 rings (SSSR count). The zero-order chi connectivity index (χ0) is 15.1. The molecule has 0 saturated heterocycles. The number of carbonyl (C=O) groups is 1. The minimum Gasteiger partial charge on any atom is -0.312 e. The van der Waals surface area contributed by atoms with E-state index < -0.39 is 0 Å². The van der Waals surface area contributed by atoms with Gasteiger partial charge in [0.2, 0.25) is 5.91 Å². The van der Waals surface area contributed by atoms with Crippen molar-refractivity contribution in [2.45, 2.75) is 19.3 Å². The zero-order valence-electron chi connectivity index (χ0n) is 11.8. The molecule has 6 heteroatoms. The quantitative estimate of drug-likeness (QED) is 0.794. The molecule has 0 spiro atoms. The Morgan fingerprint density at radius 2 is 2.00 bits per heavy atom. The molecule has 0 aliphatic carbocycles. The molecule has 1 aromatic heterocycles. The van der Waals surface area contributed by atoms with Crippen molar-refractivity contribution >= 4 is 23.9 Å². The number of aromatic amines is 1. The minimum atomic E-state index is -0.250. The fourth-order valence-electron chi connectivity index (χ4n) is 2.83. The number of aromatic nitrogens is 2. The zero-order valence-corrected chi connectivity index (χ0v) is 12.6. The van der Waals surface area contributed by atoms with Gasteiger partial charge in [-0.05, 0) is 30.3 Å². The van der Waals surface area contributed by atoms with Crippen molar-refractivity contribution in [3.05, 3.63) is 56.1 Å². The predicted octanol–water partition coefficient (Wildman–Crippen LogP) is 2.23. The van der Waals surface area contributed by atoms with Gasteiger partial charge in [-0.2, -0.15) is 0 Å². The summed E-state index contributed by atoms with van der Waals surface area (Å²) in [6.07, 6.45) is 0.262. The number of fused-ring (bicyclic) bond motifs is 1. The third kappa shape index (κ3) is 2.21. The number of carbonyl (C=O) groups excluding carboxylic acids is 1. The number of nitrogens with one attached hydrogen (secondary N) is 2. The lowest BCUT2D eigenvalue weighted by molar-refractivity contribution is -0.116. The summed E-state index contributed by atoms with van der Waals surface area (Å²) in [5.74, 6) is 0.139. The highest BCUT2D eigenvalue weighted by Crippen LogP contribution is 2.35. The maximum atomic E-state index is 12.4. The number of nitrogens with zero attached hydrogens (tertiary/aromatic N) is 1. The first-order chi connectivity index (χ1) is 9.99. The van der Waals surface area contributed by atoms with Crippen molar-refractivity contribution in [1.82, 2.24) is 9.55 Å². The molecule has 2 aromatic rings. The van der Waals surface area contributed by atoms with Crippen LogP contribution in [0.1, 0.15) is 29.0 Å². The first-order valence-electron chi connectivity index (χ1n) is 6.67. The van der Waals surface area contributed by atoms with E-state index in [1.54, 1.807) is 11.6 Å². The molecular weight excluding hydrogens is 286 g/mol. The van der Waals surface area contributed by atoms with Crippen molar-refractivity contribution in [2.75, 3.05) is 5.32 Å². The van der Waals surface area contributed by atoms with Crippen LogP contribution >= 0.6 is 12.2 Å². The third-order valence-corrected chi connectivity index (χ3v) is 4.30. The third-order valence-electron chi connectivity index (χ3n) is 3.92. The van der Waals surface area contributed by atoms with E-state index in [0.29, 0.717) is 16.2 Å². The van der Waals surface area contributed by atoms with Crippen molar-refractivity contribution in [1.29, 1.82) is 0 Å². The summed E-state index contributed by atoms with van der Waals surface area (Å²) in [5, 5.41) is 2.77. The van der Waals surface area contributed by atoms with Crippen molar-refractivity contribution < 1.29 is 4.79 Å². The van der Waals surface area contributed by atoms with E-state index in [4.69, 9.17) is 12.2 Å². The van der Waals surface area contributed by atoms with Gasteiger partial charge in [-0.25, -0.2) is 0 Å². The van der Waals surface area contributed by atoms with Gasteiger partial charge in [-0.3, -0.25) is 14.6 Å². The SMILES string of the molecule is Cc1ccccc1C1CC(=O)Nc2c1c(=O)[nH]c(=S)n2C.